The molecule has 1 aliphatic heterocycles. The molecule has 0 aromatic carbocycles. The molecule has 1 fully saturated rings. The molecule has 136 valence electrons. The van der Waals surface area contributed by atoms with Crippen molar-refractivity contribution in [3.05, 3.63) is 29.2 Å². The quantitative estimate of drug-likeness (QED) is 0.833. The molecule has 1 saturated heterocycles. The lowest BCUT2D eigenvalue weighted by atomic mass is 9.98. The van der Waals surface area contributed by atoms with Gasteiger partial charge in [0.1, 0.15) is 6.54 Å². The summed E-state index contributed by atoms with van der Waals surface area (Å²) in [6.07, 6.45) is 2.91. The highest BCUT2D eigenvalue weighted by Crippen LogP contribution is 2.27. The average Bonchev–Trinajstić information content (AvgIpc) is 3.21. The van der Waals surface area contributed by atoms with E-state index in [0.29, 0.717) is 18.4 Å². The Morgan fingerprint density at radius 2 is 2.24 bits per heavy atom. The third-order valence-electron chi connectivity index (χ3n) is 5.02. The van der Waals surface area contributed by atoms with E-state index in [1.807, 2.05) is 24.8 Å². The molecule has 7 nitrogen and oxygen atoms in total. The van der Waals surface area contributed by atoms with Crippen LogP contribution in [0.1, 0.15) is 68.0 Å². The van der Waals surface area contributed by atoms with Gasteiger partial charge in [-0.1, -0.05) is 19.0 Å². The fraction of sp³-hybridized carbons (Fsp3) is 0.667. The number of piperidine rings is 1. The summed E-state index contributed by atoms with van der Waals surface area (Å²) >= 11 is 0. The van der Waals surface area contributed by atoms with Gasteiger partial charge >= 0.3 is 0 Å². The number of carbonyl (C=O) groups is 1. The van der Waals surface area contributed by atoms with E-state index < -0.39 is 0 Å². The summed E-state index contributed by atoms with van der Waals surface area (Å²) in [5.41, 5.74) is 1.94. The van der Waals surface area contributed by atoms with Gasteiger partial charge in [-0.3, -0.25) is 9.48 Å². The van der Waals surface area contributed by atoms with E-state index in [9.17, 15) is 4.79 Å². The average molecular weight is 345 g/mol. The van der Waals surface area contributed by atoms with E-state index in [-0.39, 0.29) is 18.4 Å². The molecular formula is C18H27N5O2. The maximum atomic E-state index is 12.7. The summed E-state index contributed by atoms with van der Waals surface area (Å²) in [4.78, 5) is 19.1. The highest BCUT2D eigenvalue weighted by atomic mass is 16.5. The zero-order chi connectivity index (χ0) is 18.0. The van der Waals surface area contributed by atoms with Gasteiger partial charge in [-0.25, -0.2) is 0 Å². The Morgan fingerprint density at radius 1 is 1.44 bits per heavy atom. The van der Waals surface area contributed by atoms with E-state index >= 15 is 0 Å². The summed E-state index contributed by atoms with van der Waals surface area (Å²) in [6, 6.07) is 1.99. The molecule has 2 aromatic rings. The van der Waals surface area contributed by atoms with Crippen LogP contribution < -0.4 is 0 Å². The first kappa shape index (κ1) is 17.6. The fourth-order valence-electron chi connectivity index (χ4n) is 3.26. The van der Waals surface area contributed by atoms with Crippen LogP contribution in [0.4, 0.5) is 0 Å². The van der Waals surface area contributed by atoms with Crippen molar-refractivity contribution in [2.75, 3.05) is 13.1 Å². The van der Waals surface area contributed by atoms with Gasteiger partial charge in [-0.05, 0) is 39.2 Å². The molecule has 1 aliphatic rings. The van der Waals surface area contributed by atoms with E-state index in [4.69, 9.17) is 4.52 Å². The predicted octanol–water partition coefficient (Wildman–Crippen LogP) is 2.80. The number of carbonyl (C=O) groups excluding carboxylic acids is 1. The second kappa shape index (κ2) is 7.37. The van der Waals surface area contributed by atoms with E-state index in [2.05, 4.69) is 29.1 Å². The first-order chi connectivity index (χ1) is 12.0. The third-order valence-corrected chi connectivity index (χ3v) is 5.02. The van der Waals surface area contributed by atoms with Gasteiger partial charge in [0, 0.05) is 24.7 Å². The minimum atomic E-state index is 0.0950. The molecule has 1 amide bonds. The smallest absolute Gasteiger partial charge is 0.244 e. The van der Waals surface area contributed by atoms with Crippen molar-refractivity contribution in [2.45, 2.75) is 65.3 Å². The highest BCUT2D eigenvalue weighted by Gasteiger charge is 2.29. The number of nitrogens with zero attached hydrogens (tertiary/aromatic N) is 5. The summed E-state index contributed by atoms with van der Waals surface area (Å²) in [7, 11) is 0. The molecule has 2 atom stereocenters. The van der Waals surface area contributed by atoms with E-state index in [1.165, 1.54) is 0 Å². The molecular weight excluding hydrogens is 318 g/mol. The molecule has 0 bridgehead atoms. The Bertz CT molecular complexity index is 736. The summed E-state index contributed by atoms with van der Waals surface area (Å²) in [5.74, 6) is 1.95. The second-order valence-corrected chi connectivity index (χ2v) is 7.06. The second-order valence-electron chi connectivity index (χ2n) is 7.06. The van der Waals surface area contributed by atoms with Gasteiger partial charge in [0.25, 0.3) is 0 Å². The number of aryl methyl sites for hydroxylation is 2. The van der Waals surface area contributed by atoms with Gasteiger partial charge in [-0.2, -0.15) is 10.1 Å². The monoisotopic (exact) mass is 345 g/mol. The van der Waals surface area contributed by atoms with Gasteiger partial charge in [0.15, 0.2) is 5.82 Å². The molecule has 3 rings (SSSR count). The van der Waals surface area contributed by atoms with Crippen LogP contribution in [-0.2, 0) is 11.3 Å². The van der Waals surface area contributed by atoms with Crippen LogP contribution >= 0.6 is 0 Å². The molecule has 2 unspecified atom stereocenters. The van der Waals surface area contributed by atoms with E-state index in [1.54, 1.807) is 4.68 Å². The van der Waals surface area contributed by atoms with Crippen LogP contribution in [0.5, 0.6) is 0 Å². The van der Waals surface area contributed by atoms with Crippen molar-refractivity contribution in [1.82, 2.24) is 24.8 Å². The van der Waals surface area contributed by atoms with Gasteiger partial charge in [-0.15, -0.1) is 0 Å². The fourth-order valence-corrected chi connectivity index (χ4v) is 3.26. The van der Waals surface area contributed by atoms with Gasteiger partial charge in [0.2, 0.25) is 11.8 Å². The first-order valence-electron chi connectivity index (χ1n) is 9.10. The molecule has 0 radical (unpaired) electrons. The lowest BCUT2D eigenvalue weighted by molar-refractivity contribution is -0.133. The topological polar surface area (TPSA) is 77.0 Å². The number of hydrogen-bond donors (Lipinski definition) is 0. The number of amides is 1. The minimum Gasteiger partial charge on any atom is -0.340 e. The third kappa shape index (κ3) is 3.91. The first-order valence-corrected chi connectivity index (χ1v) is 9.10. The number of likely N-dealkylation sites (tertiary alicyclic amines) is 1. The van der Waals surface area contributed by atoms with Crippen LogP contribution in [0.3, 0.4) is 0 Å². The van der Waals surface area contributed by atoms with Gasteiger partial charge in [0.05, 0.1) is 11.6 Å². The predicted molar refractivity (Wildman–Crippen MR) is 93.3 cm³/mol. The highest BCUT2D eigenvalue weighted by molar-refractivity contribution is 5.76. The van der Waals surface area contributed by atoms with Gasteiger partial charge < -0.3 is 9.42 Å². The Balaban J connectivity index is 1.65. The van der Waals surface area contributed by atoms with Crippen LogP contribution in [0, 0.1) is 13.8 Å². The summed E-state index contributed by atoms with van der Waals surface area (Å²) in [6.45, 7) is 9.83. The normalized spacial score (nSPS) is 19.2. The van der Waals surface area contributed by atoms with Crippen LogP contribution in [0.2, 0.25) is 0 Å². The molecule has 0 saturated carbocycles. The maximum absolute atomic E-state index is 12.7. The van der Waals surface area contributed by atoms with Crippen LogP contribution in [-0.4, -0.2) is 43.8 Å². The largest absolute Gasteiger partial charge is 0.340 e. The maximum Gasteiger partial charge on any atom is 0.244 e. The SMILES string of the molecule is CCC(C)c1noc(C2CCCN(C(=O)Cn3nc(C)cc3C)C2)n1. The lowest BCUT2D eigenvalue weighted by Gasteiger charge is -2.31. The molecule has 3 heterocycles. The van der Waals surface area contributed by atoms with E-state index in [0.717, 1.165) is 43.0 Å². The molecule has 0 N–H and O–H groups in total. The standard InChI is InChI=1S/C18H27N5O2/c1-5-12(2)17-19-18(25-21-17)15-7-6-8-22(10-15)16(24)11-23-14(4)9-13(3)20-23/h9,12,15H,5-8,10-11H2,1-4H3. The van der Waals surface area contributed by atoms with Crippen molar-refractivity contribution in [3.63, 3.8) is 0 Å². The summed E-state index contributed by atoms with van der Waals surface area (Å²) < 4.78 is 7.25. The van der Waals surface area contributed by atoms with Crippen LogP contribution in [0.25, 0.3) is 0 Å². The molecule has 7 heteroatoms. The Morgan fingerprint density at radius 3 is 2.92 bits per heavy atom. The molecule has 0 aliphatic carbocycles. The van der Waals surface area contributed by atoms with Crippen molar-refractivity contribution < 1.29 is 9.32 Å². The number of aromatic nitrogens is 4. The zero-order valence-corrected chi connectivity index (χ0v) is 15.5. The van der Waals surface area contributed by atoms with Crippen molar-refractivity contribution in [2.24, 2.45) is 0 Å². The molecule has 0 spiro atoms. The van der Waals surface area contributed by atoms with Crippen molar-refractivity contribution in [3.8, 4) is 0 Å². The number of hydrogen-bond acceptors (Lipinski definition) is 5. The Labute approximate surface area is 148 Å². The Hall–Kier alpha value is -2.18. The molecule has 25 heavy (non-hydrogen) atoms. The van der Waals surface area contributed by atoms with Crippen LogP contribution in [0.15, 0.2) is 10.6 Å². The number of rotatable bonds is 5. The molecule has 2 aromatic heterocycles. The van der Waals surface area contributed by atoms with Crippen molar-refractivity contribution in [1.29, 1.82) is 0 Å². The summed E-state index contributed by atoms with van der Waals surface area (Å²) in [5, 5.41) is 8.49. The van der Waals surface area contributed by atoms with Crippen molar-refractivity contribution >= 4 is 5.91 Å². The zero-order valence-electron chi connectivity index (χ0n) is 15.5. The lowest BCUT2D eigenvalue weighted by Crippen LogP contribution is -2.41. The Kier molecular flexibility index (Phi) is 5.20. The minimum absolute atomic E-state index is 0.0950.